The number of nitrogens with one attached hydrogen (secondary N) is 1. The van der Waals surface area contributed by atoms with Gasteiger partial charge in [-0.3, -0.25) is 0 Å². The minimum atomic E-state index is -4.28. The molecule has 0 amide bonds. The molecule has 1 aromatic rings. The first-order chi connectivity index (χ1) is 9.81. The lowest BCUT2D eigenvalue weighted by Crippen LogP contribution is -2.26. The summed E-state index contributed by atoms with van der Waals surface area (Å²) in [5.41, 5.74) is -0.618. The molecular formula is C13H15F2NO4S. The topological polar surface area (TPSA) is 83.5 Å². The van der Waals surface area contributed by atoms with Gasteiger partial charge in [0.2, 0.25) is 10.0 Å². The molecule has 1 aliphatic rings. The number of benzene rings is 1. The van der Waals surface area contributed by atoms with Crippen molar-refractivity contribution in [1.29, 1.82) is 0 Å². The van der Waals surface area contributed by atoms with Crippen LogP contribution in [0.4, 0.5) is 8.78 Å². The Balaban J connectivity index is 2.15. The molecular weight excluding hydrogens is 304 g/mol. The molecule has 1 saturated carbocycles. The van der Waals surface area contributed by atoms with Crippen molar-refractivity contribution in [2.75, 3.05) is 6.54 Å². The predicted molar refractivity (Wildman–Crippen MR) is 70.5 cm³/mol. The van der Waals surface area contributed by atoms with Gasteiger partial charge in [0.25, 0.3) is 0 Å². The van der Waals surface area contributed by atoms with Crippen LogP contribution in [0.2, 0.25) is 0 Å². The molecule has 0 radical (unpaired) electrons. The summed E-state index contributed by atoms with van der Waals surface area (Å²) in [6.07, 6.45) is 3.78. The monoisotopic (exact) mass is 319 g/mol. The van der Waals surface area contributed by atoms with E-state index in [1.165, 1.54) is 0 Å². The lowest BCUT2D eigenvalue weighted by Gasteiger charge is -2.09. The zero-order valence-electron chi connectivity index (χ0n) is 11.1. The Morgan fingerprint density at radius 2 is 2.00 bits per heavy atom. The van der Waals surface area contributed by atoms with Crippen molar-refractivity contribution in [3.05, 3.63) is 29.3 Å². The van der Waals surface area contributed by atoms with E-state index >= 15 is 0 Å². The van der Waals surface area contributed by atoms with Crippen LogP contribution in [0.3, 0.4) is 0 Å². The van der Waals surface area contributed by atoms with Crippen molar-refractivity contribution in [2.45, 2.75) is 30.6 Å². The van der Waals surface area contributed by atoms with Crippen LogP contribution >= 0.6 is 0 Å². The zero-order chi connectivity index (χ0) is 15.6. The molecule has 2 rings (SSSR count). The molecule has 21 heavy (non-hydrogen) atoms. The highest BCUT2D eigenvalue weighted by Crippen LogP contribution is 2.33. The highest BCUT2D eigenvalue weighted by molar-refractivity contribution is 7.89. The van der Waals surface area contributed by atoms with Crippen LogP contribution in [0.1, 0.15) is 36.0 Å². The van der Waals surface area contributed by atoms with Gasteiger partial charge >= 0.3 is 5.97 Å². The maximum atomic E-state index is 13.6. The van der Waals surface area contributed by atoms with E-state index in [4.69, 9.17) is 5.11 Å². The van der Waals surface area contributed by atoms with E-state index in [-0.39, 0.29) is 6.54 Å². The maximum Gasteiger partial charge on any atom is 0.335 e. The van der Waals surface area contributed by atoms with Gasteiger partial charge in [0.05, 0.1) is 5.56 Å². The molecule has 5 nitrogen and oxygen atoms in total. The van der Waals surface area contributed by atoms with E-state index in [0.29, 0.717) is 24.5 Å². The summed E-state index contributed by atoms with van der Waals surface area (Å²) in [4.78, 5) is 9.80. The predicted octanol–water partition coefficient (Wildman–Crippen LogP) is 2.13. The maximum absolute atomic E-state index is 13.6. The summed E-state index contributed by atoms with van der Waals surface area (Å²) in [7, 11) is -4.28. The van der Waals surface area contributed by atoms with Crippen molar-refractivity contribution in [3.8, 4) is 0 Å². The van der Waals surface area contributed by atoms with Gasteiger partial charge < -0.3 is 5.11 Å². The van der Waals surface area contributed by atoms with Crippen LogP contribution in [0.5, 0.6) is 0 Å². The van der Waals surface area contributed by atoms with Gasteiger partial charge in [-0.15, -0.1) is 0 Å². The molecule has 0 unspecified atom stereocenters. The molecule has 2 N–H and O–H groups in total. The lowest BCUT2D eigenvalue weighted by atomic mass is 10.2. The summed E-state index contributed by atoms with van der Waals surface area (Å²) in [6.45, 7) is 0.108. The largest absolute Gasteiger partial charge is 0.478 e. The number of halogens is 2. The lowest BCUT2D eigenvalue weighted by molar-refractivity contribution is 0.0696. The summed E-state index contributed by atoms with van der Waals surface area (Å²) in [5.74, 6) is -3.97. The summed E-state index contributed by atoms with van der Waals surface area (Å²) >= 11 is 0. The molecule has 0 aliphatic heterocycles. The van der Waals surface area contributed by atoms with E-state index in [1.54, 1.807) is 0 Å². The summed E-state index contributed by atoms with van der Waals surface area (Å²) in [5, 5.41) is 8.77. The number of carbonyl (C=O) groups is 1. The first kappa shape index (κ1) is 15.8. The third-order valence-electron chi connectivity index (χ3n) is 3.31. The third-order valence-corrected chi connectivity index (χ3v) is 4.77. The van der Waals surface area contributed by atoms with Crippen LogP contribution in [0.15, 0.2) is 17.0 Å². The number of rotatable bonds is 7. The van der Waals surface area contributed by atoms with Gasteiger partial charge in [-0.1, -0.05) is 12.8 Å². The molecule has 1 fully saturated rings. The Morgan fingerprint density at radius 3 is 2.57 bits per heavy atom. The van der Waals surface area contributed by atoms with Crippen LogP contribution in [-0.2, 0) is 10.0 Å². The molecule has 0 atom stereocenters. The minimum absolute atomic E-state index is 0.108. The number of carboxylic acids is 1. The number of aromatic carboxylic acids is 1. The molecule has 0 heterocycles. The second-order valence-electron chi connectivity index (χ2n) is 5.06. The van der Waals surface area contributed by atoms with Crippen LogP contribution < -0.4 is 4.72 Å². The van der Waals surface area contributed by atoms with Crippen LogP contribution in [0.25, 0.3) is 0 Å². The Hall–Kier alpha value is -1.54. The van der Waals surface area contributed by atoms with Crippen molar-refractivity contribution in [1.82, 2.24) is 4.72 Å². The molecule has 0 saturated heterocycles. The average Bonchev–Trinajstić information content (AvgIpc) is 3.21. The van der Waals surface area contributed by atoms with Gasteiger partial charge in [-0.2, -0.15) is 0 Å². The van der Waals surface area contributed by atoms with Gasteiger partial charge in [0.1, 0.15) is 4.90 Å². The van der Waals surface area contributed by atoms with E-state index in [9.17, 15) is 22.0 Å². The minimum Gasteiger partial charge on any atom is -0.478 e. The highest BCUT2D eigenvalue weighted by Gasteiger charge is 2.25. The Kier molecular flexibility index (Phi) is 4.58. The standard InChI is InChI=1S/C13H15F2NO4S/c14-10-6-9(13(17)18)7-11(12(10)15)21(19,20)16-5-1-2-8-3-4-8/h6-8,16H,1-5H2,(H,17,18). The Labute approximate surface area is 121 Å². The quantitative estimate of drug-likeness (QED) is 0.754. The third kappa shape index (κ3) is 3.98. The smallest absolute Gasteiger partial charge is 0.335 e. The fourth-order valence-electron chi connectivity index (χ4n) is 1.96. The molecule has 1 aromatic carbocycles. The second kappa shape index (κ2) is 6.07. The average molecular weight is 319 g/mol. The number of carboxylic acid groups (broad SMARTS) is 1. The van der Waals surface area contributed by atoms with Crippen LogP contribution in [0, 0.1) is 17.6 Å². The zero-order valence-corrected chi connectivity index (χ0v) is 11.9. The first-order valence-electron chi connectivity index (χ1n) is 6.53. The van der Waals surface area contributed by atoms with Gasteiger partial charge in [-0.05, 0) is 30.9 Å². The number of hydrogen-bond acceptors (Lipinski definition) is 3. The first-order valence-corrected chi connectivity index (χ1v) is 8.01. The molecule has 0 bridgehead atoms. The Bertz CT molecular complexity index is 656. The molecule has 1 aliphatic carbocycles. The van der Waals surface area contributed by atoms with E-state index in [2.05, 4.69) is 4.72 Å². The fraction of sp³-hybridized carbons (Fsp3) is 0.462. The van der Waals surface area contributed by atoms with Crippen molar-refractivity contribution >= 4 is 16.0 Å². The summed E-state index contributed by atoms with van der Waals surface area (Å²) in [6, 6.07) is 1.06. The van der Waals surface area contributed by atoms with Crippen LogP contribution in [-0.4, -0.2) is 26.0 Å². The van der Waals surface area contributed by atoms with E-state index in [0.717, 1.165) is 19.3 Å². The number of sulfonamides is 1. The van der Waals surface area contributed by atoms with Gasteiger partial charge in [0.15, 0.2) is 11.6 Å². The fourth-order valence-corrected chi connectivity index (χ4v) is 3.15. The van der Waals surface area contributed by atoms with E-state index in [1.807, 2.05) is 0 Å². The molecule has 0 spiro atoms. The van der Waals surface area contributed by atoms with Crippen molar-refractivity contribution in [3.63, 3.8) is 0 Å². The highest BCUT2D eigenvalue weighted by atomic mass is 32.2. The van der Waals surface area contributed by atoms with Gasteiger partial charge in [-0.25, -0.2) is 26.7 Å². The van der Waals surface area contributed by atoms with Gasteiger partial charge in [0, 0.05) is 6.54 Å². The summed E-state index contributed by atoms with van der Waals surface area (Å²) < 4.78 is 52.9. The Morgan fingerprint density at radius 1 is 1.33 bits per heavy atom. The normalized spacial score (nSPS) is 15.1. The number of hydrogen-bond donors (Lipinski definition) is 2. The molecule has 8 heteroatoms. The SMILES string of the molecule is O=C(O)c1cc(F)c(F)c(S(=O)(=O)NCCCC2CC2)c1. The van der Waals surface area contributed by atoms with Crippen molar-refractivity contribution in [2.24, 2.45) is 5.92 Å². The molecule has 0 aromatic heterocycles. The second-order valence-corrected chi connectivity index (χ2v) is 6.79. The van der Waals surface area contributed by atoms with Crippen molar-refractivity contribution < 1.29 is 27.1 Å². The molecule has 116 valence electrons. The van der Waals surface area contributed by atoms with E-state index < -0.39 is 38.1 Å².